The second-order valence-corrected chi connectivity index (χ2v) is 6.55. The molecule has 0 aliphatic carbocycles. The van der Waals surface area contributed by atoms with Gasteiger partial charge in [-0.2, -0.15) is 0 Å². The van der Waals surface area contributed by atoms with Gasteiger partial charge in [-0.3, -0.25) is 4.79 Å². The van der Waals surface area contributed by atoms with Crippen molar-refractivity contribution in [1.29, 1.82) is 0 Å². The van der Waals surface area contributed by atoms with Crippen LogP contribution in [0.4, 0.5) is 0 Å². The third-order valence-electron chi connectivity index (χ3n) is 4.91. The molecule has 1 amide bonds. The smallest absolute Gasteiger partial charge is 0.256 e. The minimum atomic E-state index is -0.0101. The zero-order valence-electron chi connectivity index (χ0n) is 16.1. The number of hydrogen-bond donors (Lipinski definition) is 0. The lowest BCUT2D eigenvalue weighted by Gasteiger charge is -2.20. The van der Waals surface area contributed by atoms with Gasteiger partial charge in [0.05, 0.1) is 16.6 Å². The fourth-order valence-electron chi connectivity index (χ4n) is 3.45. The topological polar surface area (TPSA) is 42.4 Å². The van der Waals surface area contributed by atoms with Crippen LogP contribution >= 0.6 is 0 Å². The summed E-state index contributed by atoms with van der Waals surface area (Å²) in [5.41, 5.74) is 2.08. The zero-order chi connectivity index (χ0) is 19.5. The maximum atomic E-state index is 13.1. The first-order valence-electron chi connectivity index (χ1n) is 9.56. The van der Waals surface area contributed by atoms with Crippen molar-refractivity contribution in [3.8, 4) is 11.5 Å². The average molecular weight is 370 g/mol. The van der Waals surface area contributed by atoms with Crippen molar-refractivity contribution < 1.29 is 9.53 Å². The van der Waals surface area contributed by atoms with Gasteiger partial charge >= 0.3 is 0 Å². The van der Waals surface area contributed by atoms with E-state index in [0.717, 1.165) is 27.8 Å². The van der Waals surface area contributed by atoms with Crippen molar-refractivity contribution in [2.45, 2.75) is 13.8 Å². The second kappa shape index (κ2) is 7.69. The molecule has 0 saturated heterocycles. The van der Waals surface area contributed by atoms with E-state index in [-0.39, 0.29) is 5.91 Å². The second-order valence-electron chi connectivity index (χ2n) is 6.55. The lowest BCUT2D eigenvalue weighted by Crippen LogP contribution is -2.30. The van der Waals surface area contributed by atoms with Crippen LogP contribution < -0.4 is 4.74 Å². The van der Waals surface area contributed by atoms with E-state index in [9.17, 15) is 4.79 Å². The Bertz CT molecular complexity index is 1140. The molecule has 4 heteroatoms. The van der Waals surface area contributed by atoms with Gasteiger partial charge in [0.1, 0.15) is 11.5 Å². The van der Waals surface area contributed by atoms with Crippen molar-refractivity contribution in [3.63, 3.8) is 0 Å². The Balaban J connectivity index is 1.98. The number of pyridine rings is 1. The summed E-state index contributed by atoms with van der Waals surface area (Å²) in [4.78, 5) is 19.7. The minimum Gasteiger partial charge on any atom is -0.456 e. The molecule has 0 bridgehead atoms. The molecule has 0 aliphatic rings. The number of nitrogens with zero attached hydrogens (tertiary/aromatic N) is 2. The van der Waals surface area contributed by atoms with Gasteiger partial charge in [-0.25, -0.2) is 4.98 Å². The van der Waals surface area contributed by atoms with E-state index < -0.39 is 0 Å². The molecule has 4 rings (SSSR count). The third-order valence-corrected chi connectivity index (χ3v) is 4.91. The summed E-state index contributed by atoms with van der Waals surface area (Å²) >= 11 is 0. The molecule has 0 spiro atoms. The van der Waals surface area contributed by atoms with Gasteiger partial charge in [0.15, 0.2) is 0 Å². The van der Waals surface area contributed by atoms with Crippen LogP contribution in [0.1, 0.15) is 24.2 Å². The van der Waals surface area contributed by atoms with Crippen LogP contribution in [0, 0.1) is 0 Å². The van der Waals surface area contributed by atoms with Crippen LogP contribution in [0.25, 0.3) is 21.8 Å². The molecule has 0 N–H and O–H groups in total. The molecule has 1 heterocycles. The Morgan fingerprint density at radius 2 is 1.54 bits per heavy atom. The Morgan fingerprint density at radius 3 is 2.29 bits per heavy atom. The number of ether oxygens (including phenoxy) is 1. The molecule has 140 valence electrons. The van der Waals surface area contributed by atoms with Gasteiger partial charge in [-0.05, 0) is 50.2 Å². The van der Waals surface area contributed by atoms with Crippen molar-refractivity contribution in [2.75, 3.05) is 13.1 Å². The van der Waals surface area contributed by atoms with Crippen LogP contribution in [0.15, 0.2) is 72.8 Å². The van der Waals surface area contributed by atoms with Crippen LogP contribution in [0.5, 0.6) is 11.5 Å². The fourth-order valence-corrected chi connectivity index (χ4v) is 3.45. The molecule has 1 aromatic heterocycles. The molecule has 0 aliphatic heterocycles. The molecule has 4 aromatic rings. The van der Waals surface area contributed by atoms with E-state index >= 15 is 0 Å². The van der Waals surface area contributed by atoms with Gasteiger partial charge in [0, 0.05) is 23.9 Å². The molecule has 4 nitrogen and oxygen atoms in total. The van der Waals surface area contributed by atoms with Crippen LogP contribution in [-0.4, -0.2) is 28.9 Å². The number of hydrogen-bond acceptors (Lipinski definition) is 3. The zero-order valence-corrected chi connectivity index (χ0v) is 16.1. The molecule has 3 aromatic carbocycles. The predicted octanol–water partition coefficient (Wildman–Crippen LogP) is 5.66. The molecule has 0 atom stereocenters. The number of aromatic nitrogens is 1. The van der Waals surface area contributed by atoms with E-state index in [2.05, 4.69) is 0 Å². The highest BCUT2D eigenvalue weighted by atomic mass is 16.5. The molecule has 0 saturated carbocycles. The summed E-state index contributed by atoms with van der Waals surface area (Å²) in [5.74, 6) is 1.46. The molecule has 0 radical (unpaired) electrons. The number of benzene rings is 3. The SMILES string of the molecule is CCN(CC)C(=O)c1cccc2c(Oc3ccccc3)c3ccccc3nc12. The van der Waals surface area contributed by atoms with Crippen molar-refractivity contribution in [1.82, 2.24) is 9.88 Å². The van der Waals surface area contributed by atoms with Gasteiger partial charge in [0.25, 0.3) is 5.91 Å². The highest BCUT2D eigenvalue weighted by Gasteiger charge is 2.20. The van der Waals surface area contributed by atoms with Gasteiger partial charge in [-0.1, -0.05) is 36.4 Å². The van der Waals surface area contributed by atoms with E-state index in [4.69, 9.17) is 9.72 Å². The summed E-state index contributed by atoms with van der Waals surface area (Å²) in [6.45, 7) is 5.29. The van der Waals surface area contributed by atoms with E-state index in [1.807, 2.05) is 91.5 Å². The first kappa shape index (κ1) is 18.0. The quantitative estimate of drug-likeness (QED) is 0.426. The fraction of sp³-hybridized carbons (Fsp3) is 0.167. The molecular weight excluding hydrogens is 348 g/mol. The lowest BCUT2D eigenvalue weighted by molar-refractivity contribution is 0.0775. The van der Waals surface area contributed by atoms with E-state index in [1.165, 1.54) is 0 Å². The average Bonchev–Trinajstić information content (AvgIpc) is 2.74. The summed E-state index contributed by atoms with van der Waals surface area (Å²) in [5, 5.41) is 1.76. The number of fused-ring (bicyclic) bond motifs is 2. The van der Waals surface area contributed by atoms with Crippen molar-refractivity contribution in [2.24, 2.45) is 0 Å². The normalized spacial score (nSPS) is 10.9. The molecule has 0 fully saturated rings. The first-order valence-corrected chi connectivity index (χ1v) is 9.56. The maximum Gasteiger partial charge on any atom is 0.256 e. The standard InChI is InChI=1S/C24H22N2O2/c1-3-26(4-2)24(27)20-15-10-14-19-22(20)25-21-16-9-8-13-18(21)23(19)28-17-11-6-5-7-12-17/h5-16H,3-4H2,1-2H3. The maximum absolute atomic E-state index is 13.1. The molecule has 0 unspecified atom stereocenters. The van der Waals surface area contributed by atoms with Crippen LogP contribution in [-0.2, 0) is 0 Å². The molecular formula is C24H22N2O2. The molecule has 28 heavy (non-hydrogen) atoms. The Morgan fingerprint density at radius 1 is 0.857 bits per heavy atom. The summed E-state index contributed by atoms with van der Waals surface area (Å²) in [6, 6.07) is 23.3. The number of amides is 1. The van der Waals surface area contributed by atoms with E-state index in [1.54, 1.807) is 0 Å². The number of para-hydroxylation sites is 3. The van der Waals surface area contributed by atoms with Gasteiger partial charge < -0.3 is 9.64 Å². The van der Waals surface area contributed by atoms with Crippen molar-refractivity contribution in [3.05, 3.63) is 78.4 Å². The Kier molecular flexibility index (Phi) is 4.94. The minimum absolute atomic E-state index is 0.0101. The first-order chi connectivity index (χ1) is 13.7. The highest BCUT2D eigenvalue weighted by molar-refractivity contribution is 6.10. The highest BCUT2D eigenvalue weighted by Crippen LogP contribution is 2.37. The van der Waals surface area contributed by atoms with Gasteiger partial charge in [0.2, 0.25) is 0 Å². The predicted molar refractivity (Wildman–Crippen MR) is 113 cm³/mol. The Labute approximate surface area is 164 Å². The van der Waals surface area contributed by atoms with Gasteiger partial charge in [-0.15, -0.1) is 0 Å². The summed E-state index contributed by atoms with van der Waals surface area (Å²) in [7, 11) is 0. The van der Waals surface area contributed by atoms with Crippen LogP contribution in [0.2, 0.25) is 0 Å². The summed E-state index contributed by atoms with van der Waals surface area (Å²) in [6.07, 6.45) is 0. The number of rotatable bonds is 5. The Hall–Kier alpha value is -3.40. The van der Waals surface area contributed by atoms with Crippen LogP contribution in [0.3, 0.4) is 0 Å². The summed E-state index contributed by atoms with van der Waals surface area (Å²) < 4.78 is 6.29. The van der Waals surface area contributed by atoms with E-state index in [0.29, 0.717) is 24.2 Å². The number of carbonyl (C=O) groups is 1. The van der Waals surface area contributed by atoms with Crippen molar-refractivity contribution >= 4 is 27.7 Å². The monoisotopic (exact) mass is 370 g/mol. The third kappa shape index (κ3) is 3.18. The largest absolute Gasteiger partial charge is 0.456 e. The lowest BCUT2D eigenvalue weighted by atomic mass is 10.0. The number of carbonyl (C=O) groups excluding carboxylic acids is 1.